The maximum atomic E-state index is 12.2. The zero-order chi connectivity index (χ0) is 17.6. The Morgan fingerprint density at radius 1 is 1.20 bits per heavy atom. The van der Waals surface area contributed by atoms with Gasteiger partial charge in [0.05, 0.1) is 7.11 Å². The summed E-state index contributed by atoms with van der Waals surface area (Å²) in [6.07, 6.45) is 2.24. The number of amides is 2. The minimum Gasteiger partial charge on any atom is -0.497 e. The second-order valence-corrected chi connectivity index (χ2v) is 6.05. The van der Waals surface area contributed by atoms with Crippen molar-refractivity contribution in [1.82, 2.24) is 5.32 Å². The standard InChI is InChI=1S/C20H22N2O3/c1-25-18-5-2-4-15(14-18)11-12-21-20(24)16-7-9-17(10-8-16)22-13-3-6-19(22)23/h2,4-5,7-10,14H,3,6,11-13H2,1H3,(H,21,24). The second-order valence-electron chi connectivity index (χ2n) is 6.05. The quantitative estimate of drug-likeness (QED) is 0.881. The van der Waals surface area contributed by atoms with Gasteiger partial charge < -0.3 is 15.0 Å². The Balaban J connectivity index is 1.53. The molecule has 0 radical (unpaired) electrons. The number of rotatable bonds is 6. The van der Waals surface area contributed by atoms with E-state index in [0.717, 1.165) is 36.4 Å². The van der Waals surface area contributed by atoms with Gasteiger partial charge in [-0.05, 0) is 54.8 Å². The summed E-state index contributed by atoms with van der Waals surface area (Å²) in [6.45, 7) is 1.31. The van der Waals surface area contributed by atoms with Gasteiger partial charge in [-0.3, -0.25) is 9.59 Å². The lowest BCUT2D eigenvalue weighted by atomic mass is 10.1. The first kappa shape index (κ1) is 17.0. The van der Waals surface area contributed by atoms with Gasteiger partial charge in [0.25, 0.3) is 5.91 Å². The number of methoxy groups -OCH3 is 1. The van der Waals surface area contributed by atoms with E-state index >= 15 is 0 Å². The molecule has 2 aromatic carbocycles. The molecule has 0 saturated carbocycles. The maximum absolute atomic E-state index is 12.2. The van der Waals surface area contributed by atoms with E-state index in [1.165, 1.54) is 0 Å². The van der Waals surface area contributed by atoms with Crippen LogP contribution in [0.25, 0.3) is 0 Å². The number of hydrogen-bond donors (Lipinski definition) is 1. The Morgan fingerprint density at radius 3 is 2.68 bits per heavy atom. The van der Waals surface area contributed by atoms with Crippen molar-refractivity contribution in [2.24, 2.45) is 0 Å². The molecule has 3 rings (SSSR count). The third-order valence-electron chi connectivity index (χ3n) is 4.35. The molecule has 130 valence electrons. The van der Waals surface area contributed by atoms with Crippen molar-refractivity contribution in [3.63, 3.8) is 0 Å². The first-order chi connectivity index (χ1) is 12.2. The maximum Gasteiger partial charge on any atom is 0.251 e. The number of carbonyl (C=O) groups excluding carboxylic acids is 2. The molecular formula is C20H22N2O3. The number of ether oxygens (including phenoxy) is 1. The van der Waals surface area contributed by atoms with Crippen molar-refractivity contribution < 1.29 is 14.3 Å². The van der Waals surface area contributed by atoms with Crippen molar-refractivity contribution in [1.29, 1.82) is 0 Å². The van der Waals surface area contributed by atoms with Crippen molar-refractivity contribution >= 4 is 17.5 Å². The molecule has 5 heteroatoms. The highest BCUT2D eigenvalue weighted by atomic mass is 16.5. The van der Waals surface area contributed by atoms with Crippen LogP contribution >= 0.6 is 0 Å². The van der Waals surface area contributed by atoms with Crippen LogP contribution in [0.1, 0.15) is 28.8 Å². The molecule has 25 heavy (non-hydrogen) atoms. The Kier molecular flexibility index (Phi) is 5.33. The number of anilines is 1. The normalized spacial score (nSPS) is 13.8. The summed E-state index contributed by atoms with van der Waals surface area (Å²) < 4.78 is 5.20. The fraction of sp³-hybridized carbons (Fsp3) is 0.300. The van der Waals surface area contributed by atoms with Crippen LogP contribution in [0, 0.1) is 0 Å². The molecule has 1 N–H and O–H groups in total. The molecule has 1 aliphatic rings. The summed E-state index contributed by atoms with van der Waals surface area (Å²) in [5.74, 6) is 0.855. The summed E-state index contributed by atoms with van der Waals surface area (Å²) in [5, 5.41) is 2.92. The van der Waals surface area contributed by atoms with E-state index in [-0.39, 0.29) is 11.8 Å². The lowest BCUT2D eigenvalue weighted by molar-refractivity contribution is -0.117. The molecule has 1 aliphatic heterocycles. The summed E-state index contributed by atoms with van der Waals surface area (Å²) in [6, 6.07) is 15.0. The molecular weight excluding hydrogens is 316 g/mol. The highest BCUT2D eigenvalue weighted by Gasteiger charge is 2.21. The van der Waals surface area contributed by atoms with Crippen molar-refractivity contribution in [3.05, 3.63) is 59.7 Å². The Hall–Kier alpha value is -2.82. The summed E-state index contributed by atoms with van der Waals surface area (Å²) in [7, 11) is 1.64. The monoisotopic (exact) mass is 338 g/mol. The SMILES string of the molecule is COc1cccc(CCNC(=O)c2ccc(N3CCCC3=O)cc2)c1. The molecule has 0 unspecified atom stereocenters. The van der Waals surface area contributed by atoms with Gasteiger partial charge in [-0.15, -0.1) is 0 Å². The van der Waals surface area contributed by atoms with E-state index in [9.17, 15) is 9.59 Å². The van der Waals surface area contributed by atoms with Gasteiger partial charge in [0, 0.05) is 30.8 Å². The molecule has 2 amide bonds. The number of nitrogens with zero attached hydrogens (tertiary/aromatic N) is 1. The number of benzene rings is 2. The second kappa shape index (κ2) is 7.83. The van der Waals surface area contributed by atoms with Gasteiger partial charge in [-0.25, -0.2) is 0 Å². The Labute approximate surface area is 147 Å². The molecule has 0 aromatic heterocycles. The highest BCUT2D eigenvalue weighted by Crippen LogP contribution is 2.21. The molecule has 1 saturated heterocycles. The van der Waals surface area contributed by atoms with E-state index in [1.807, 2.05) is 36.4 Å². The number of nitrogens with one attached hydrogen (secondary N) is 1. The van der Waals surface area contributed by atoms with Crippen LogP contribution in [0.15, 0.2) is 48.5 Å². The van der Waals surface area contributed by atoms with Gasteiger partial charge >= 0.3 is 0 Å². The molecule has 5 nitrogen and oxygen atoms in total. The molecule has 1 fully saturated rings. The van der Waals surface area contributed by atoms with Crippen molar-refractivity contribution in [2.45, 2.75) is 19.3 Å². The van der Waals surface area contributed by atoms with E-state index in [1.54, 1.807) is 24.1 Å². The predicted molar refractivity (Wildman–Crippen MR) is 97.1 cm³/mol. The summed E-state index contributed by atoms with van der Waals surface area (Å²) in [5.41, 5.74) is 2.57. The lowest BCUT2D eigenvalue weighted by Crippen LogP contribution is -2.26. The first-order valence-electron chi connectivity index (χ1n) is 8.49. The molecule has 0 bridgehead atoms. The topological polar surface area (TPSA) is 58.6 Å². The van der Waals surface area contributed by atoms with Gasteiger partial charge in [-0.2, -0.15) is 0 Å². The fourth-order valence-electron chi connectivity index (χ4n) is 2.96. The van der Waals surface area contributed by atoms with Crippen LogP contribution in [-0.4, -0.2) is 32.0 Å². The summed E-state index contributed by atoms with van der Waals surface area (Å²) in [4.78, 5) is 25.8. The van der Waals surface area contributed by atoms with Crippen LogP contribution in [-0.2, 0) is 11.2 Å². The van der Waals surface area contributed by atoms with Crippen molar-refractivity contribution in [3.8, 4) is 5.75 Å². The number of hydrogen-bond acceptors (Lipinski definition) is 3. The van der Waals surface area contributed by atoms with Crippen molar-refractivity contribution in [2.75, 3.05) is 25.1 Å². The summed E-state index contributed by atoms with van der Waals surface area (Å²) >= 11 is 0. The van der Waals surface area contributed by atoms with E-state index < -0.39 is 0 Å². The van der Waals surface area contributed by atoms with Gasteiger partial charge in [0.1, 0.15) is 5.75 Å². The molecule has 0 aliphatic carbocycles. The molecule has 0 atom stereocenters. The Bertz CT molecular complexity index is 756. The van der Waals surface area contributed by atoms with E-state index in [2.05, 4.69) is 5.32 Å². The van der Waals surface area contributed by atoms with E-state index in [0.29, 0.717) is 18.5 Å². The largest absolute Gasteiger partial charge is 0.497 e. The lowest BCUT2D eigenvalue weighted by Gasteiger charge is -2.15. The van der Waals surface area contributed by atoms with Gasteiger partial charge in [-0.1, -0.05) is 12.1 Å². The zero-order valence-corrected chi connectivity index (χ0v) is 14.3. The minimum atomic E-state index is -0.109. The average molecular weight is 338 g/mol. The molecule has 0 spiro atoms. The first-order valence-corrected chi connectivity index (χ1v) is 8.49. The average Bonchev–Trinajstić information content (AvgIpc) is 3.08. The van der Waals surface area contributed by atoms with Crippen LogP contribution in [0.2, 0.25) is 0 Å². The third-order valence-corrected chi connectivity index (χ3v) is 4.35. The van der Waals surface area contributed by atoms with Crippen LogP contribution < -0.4 is 15.0 Å². The van der Waals surface area contributed by atoms with Crippen LogP contribution in [0.4, 0.5) is 5.69 Å². The van der Waals surface area contributed by atoms with Crippen LogP contribution in [0.3, 0.4) is 0 Å². The molecule has 2 aromatic rings. The fourth-order valence-corrected chi connectivity index (χ4v) is 2.96. The molecule has 1 heterocycles. The minimum absolute atomic E-state index is 0.109. The Morgan fingerprint density at radius 2 is 2.00 bits per heavy atom. The third kappa shape index (κ3) is 4.18. The van der Waals surface area contributed by atoms with Gasteiger partial charge in [0.2, 0.25) is 5.91 Å². The van der Waals surface area contributed by atoms with Gasteiger partial charge in [0.15, 0.2) is 0 Å². The highest BCUT2D eigenvalue weighted by molar-refractivity contribution is 5.97. The smallest absolute Gasteiger partial charge is 0.251 e. The van der Waals surface area contributed by atoms with Crippen LogP contribution in [0.5, 0.6) is 5.75 Å². The zero-order valence-electron chi connectivity index (χ0n) is 14.3. The predicted octanol–water partition coefficient (Wildman–Crippen LogP) is 2.79. The number of carbonyl (C=O) groups is 2. The van der Waals surface area contributed by atoms with E-state index in [4.69, 9.17) is 4.74 Å².